The highest BCUT2D eigenvalue weighted by Crippen LogP contribution is 2.23. The van der Waals surface area contributed by atoms with Crippen LogP contribution in [0.1, 0.15) is 11.1 Å². The third-order valence-electron chi connectivity index (χ3n) is 4.18. The number of thioether (sulfide) groups is 1. The summed E-state index contributed by atoms with van der Waals surface area (Å²) in [6, 6.07) is 10.2. The Morgan fingerprint density at radius 3 is 2.84 bits per heavy atom. The van der Waals surface area contributed by atoms with Crippen LogP contribution in [0, 0.1) is 6.92 Å². The van der Waals surface area contributed by atoms with E-state index in [0.29, 0.717) is 11.0 Å². The van der Waals surface area contributed by atoms with Crippen molar-refractivity contribution in [1.82, 2.24) is 14.9 Å². The number of anilines is 2. The third kappa shape index (κ3) is 5.59. The van der Waals surface area contributed by atoms with E-state index in [1.165, 1.54) is 11.1 Å². The molecule has 1 saturated heterocycles. The molecule has 2 heterocycles. The van der Waals surface area contributed by atoms with Gasteiger partial charge in [-0.1, -0.05) is 36.0 Å². The first-order chi connectivity index (χ1) is 12.2. The fourth-order valence-corrected chi connectivity index (χ4v) is 3.62. The van der Waals surface area contributed by atoms with Gasteiger partial charge in [0.1, 0.15) is 11.6 Å². The normalized spacial score (nSPS) is 15.2. The van der Waals surface area contributed by atoms with Gasteiger partial charge in [0.15, 0.2) is 5.16 Å². The van der Waals surface area contributed by atoms with Gasteiger partial charge in [0, 0.05) is 38.0 Å². The molecule has 0 bridgehead atoms. The zero-order valence-electron chi connectivity index (χ0n) is 14.6. The maximum atomic E-state index is 5.94. The molecule has 0 amide bonds. The van der Waals surface area contributed by atoms with E-state index in [-0.39, 0.29) is 0 Å². The van der Waals surface area contributed by atoms with Crippen LogP contribution in [0.15, 0.2) is 35.5 Å². The van der Waals surface area contributed by atoms with Crippen LogP contribution in [0.2, 0.25) is 0 Å². The van der Waals surface area contributed by atoms with Gasteiger partial charge < -0.3 is 15.8 Å². The van der Waals surface area contributed by atoms with E-state index in [4.69, 9.17) is 10.5 Å². The number of rotatable bonds is 7. The summed E-state index contributed by atoms with van der Waals surface area (Å²) in [5.41, 5.74) is 8.51. The van der Waals surface area contributed by atoms with Crippen LogP contribution in [-0.2, 0) is 10.5 Å². The van der Waals surface area contributed by atoms with Gasteiger partial charge in [-0.3, -0.25) is 4.90 Å². The summed E-state index contributed by atoms with van der Waals surface area (Å²) in [5, 5.41) is 4.06. The summed E-state index contributed by atoms with van der Waals surface area (Å²) in [6.45, 7) is 7.54. The number of benzene rings is 1. The highest BCUT2D eigenvalue weighted by molar-refractivity contribution is 7.98. The van der Waals surface area contributed by atoms with Crippen LogP contribution in [0.3, 0.4) is 0 Å². The largest absolute Gasteiger partial charge is 0.383 e. The summed E-state index contributed by atoms with van der Waals surface area (Å²) in [7, 11) is 0. The molecule has 0 spiro atoms. The predicted molar refractivity (Wildman–Crippen MR) is 103 cm³/mol. The number of nitrogens with zero attached hydrogens (tertiary/aromatic N) is 3. The standard InChI is InChI=1S/C18H25N5OS/c1-14-4-2-3-5-15(14)13-25-18-21-16(19)12-17(22-18)20-6-7-23-8-10-24-11-9-23/h2-5,12H,6-11,13H2,1H3,(H3,19,20,21,22). The van der Waals surface area contributed by atoms with Crippen LogP contribution in [0.4, 0.5) is 11.6 Å². The molecule has 1 aromatic heterocycles. The monoisotopic (exact) mass is 359 g/mol. The molecule has 0 saturated carbocycles. The third-order valence-corrected chi connectivity index (χ3v) is 5.08. The molecule has 25 heavy (non-hydrogen) atoms. The molecule has 6 nitrogen and oxygen atoms in total. The molecule has 1 aliphatic rings. The van der Waals surface area contributed by atoms with Crippen molar-refractivity contribution < 1.29 is 4.74 Å². The Balaban J connectivity index is 1.53. The Labute approximate surface area is 153 Å². The average Bonchev–Trinajstić information content (AvgIpc) is 2.62. The van der Waals surface area contributed by atoms with Crippen molar-refractivity contribution in [3.05, 3.63) is 41.5 Å². The number of nitrogen functional groups attached to an aromatic ring is 1. The fourth-order valence-electron chi connectivity index (χ4n) is 2.68. The summed E-state index contributed by atoms with van der Waals surface area (Å²) < 4.78 is 5.37. The predicted octanol–water partition coefficient (Wildman–Crippen LogP) is 2.40. The van der Waals surface area contributed by atoms with Crippen molar-refractivity contribution in [2.45, 2.75) is 17.8 Å². The number of ether oxygens (including phenoxy) is 1. The molecule has 7 heteroatoms. The molecule has 2 aromatic rings. The number of hydrogen-bond donors (Lipinski definition) is 2. The Kier molecular flexibility index (Phi) is 6.49. The Morgan fingerprint density at radius 1 is 1.24 bits per heavy atom. The minimum Gasteiger partial charge on any atom is -0.383 e. The van der Waals surface area contributed by atoms with E-state index in [1.807, 2.05) is 0 Å². The minimum absolute atomic E-state index is 0.496. The highest BCUT2D eigenvalue weighted by Gasteiger charge is 2.10. The van der Waals surface area contributed by atoms with Gasteiger partial charge in [-0.05, 0) is 18.1 Å². The van der Waals surface area contributed by atoms with Gasteiger partial charge in [0.2, 0.25) is 0 Å². The second-order valence-electron chi connectivity index (χ2n) is 6.06. The van der Waals surface area contributed by atoms with Crippen LogP contribution < -0.4 is 11.1 Å². The molecule has 0 radical (unpaired) electrons. The highest BCUT2D eigenvalue weighted by atomic mass is 32.2. The fraction of sp³-hybridized carbons (Fsp3) is 0.444. The molecule has 3 N–H and O–H groups in total. The van der Waals surface area contributed by atoms with Crippen molar-refractivity contribution in [2.75, 3.05) is 50.4 Å². The van der Waals surface area contributed by atoms with Crippen LogP contribution in [0.25, 0.3) is 0 Å². The number of morpholine rings is 1. The molecular formula is C18H25N5OS. The molecule has 1 fully saturated rings. The minimum atomic E-state index is 0.496. The lowest BCUT2D eigenvalue weighted by molar-refractivity contribution is 0.0398. The first-order valence-electron chi connectivity index (χ1n) is 8.56. The lowest BCUT2D eigenvalue weighted by Crippen LogP contribution is -2.39. The van der Waals surface area contributed by atoms with Crippen molar-refractivity contribution in [1.29, 1.82) is 0 Å². The van der Waals surface area contributed by atoms with Gasteiger partial charge in [-0.25, -0.2) is 9.97 Å². The summed E-state index contributed by atoms with van der Waals surface area (Å²) in [6.07, 6.45) is 0. The molecule has 1 aromatic carbocycles. The van der Waals surface area contributed by atoms with Crippen LogP contribution >= 0.6 is 11.8 Å². The molecular weight excluding hydrogens is 334 g/mol. The maximum Gasteiger partial charge on any atom is 0.191 e. The molecule has 3 rings (SSSR count). The summed E-state index contributed by atoms with van der Waals surface area (Å²) >= 11 is 1.61. The first-order valence-corrected chi connectivity index (χ1v) is 9.55. The maximum absolute atomic E-state index is 5.94. The van der Waals surface area contributed by atoms with Crippen molar-refractivity contribution >= 4 is 23.4 Å². The number of aryl methyl sites for hydroxylation is 1. The SMILES string of the molecule is Cc1ccccc1CSc1nc(N)cc(NCCN2CCOCC2)n1. The van der Waals surface area contributed by atoms with Crippen LogP contribution in [0.5, 0.6) is 0 Å². The number of hydrogen-bond acceptors (Lipinski definition) is 7. The summed E-state index contributed by atoms with van der Waals surface area (Å²) in [4.78, 5) is 11.3. The van der Waals surface area contributed by atoms with E-state index in [0.717, 1.165) is 51.0 Å². The second-order valence-corrected chi connectivity index (χ2v) is 7.00. The quantitative estimate of drug-likeness (QED) is 0.581. The van der Waals surface area contributed by atoms with Crippen molar-refractivity contribution in [3.8, 4) is 0 Å². The number of nitrogens with two attached hydrogens (primary N) is 1. The smallest absolute Gasteiger partial charge is 0.191 e. The Bertz CT molecular complexity index is 691. The van der Waals surface area contributed by atoms with E-state index < -0.39 is 0 Å². The van der Waals surface area contributed by atoms with Crippen molar-refractivity contribution in [2.24, 2.45) is 0 Å². The van der Waals surface area contributed by atoms with E-state index >= 15 is 0 Å². The van der Waals surface area contributed by atoms with Crippen molar-refractivity contribution in [3.63, 3.8) is 0 Å². The van der Waals surface area contributed by atoms with E-state index in [1.54, 1.807) is 17.8 Å². The molecule has 0 aliphatic carbocycles. The zero-order chi connectivity index (χ0) is 17.5. The molecule has 134 valence electrons. The van der Waals surface area contributed by atoms with Gasteiger partial charge in [0.05, 0.1) is 13.2 Å². The lowest BCUT2D eigenvalue weighted by atomic mass is 10.1. The Morgan fingerprint density at radius 2 is 2.04 bits per heavy atom. The summed E-state index contributed by atoms with van der Waals surface area (Å²) in [5.74, 6) is 2.12. The van der Waals surface area contributed by atoms with Crippen LogP contribution in [-0.4, -0.2) is 54.3 Å². The lowest BCUT2D eigenvalue weighted by Gasteiger charge is -2.26. The topological polar surface area (TPSA) is 76.3 Å². The Hall–Kier alpha value is -1.83. The van der Waals surface area contributed by atoms with Gasteiger partial charge in [0.25, 0.3) is 0 Å². The average molecular weight is 359 g/mol. The zero-order valence-corrected chi connectivity index (χ0v) is 15.4. The van der Waals surface area contributed by atoms with E-state index in [2.05, 4.69) is 51.4 Å². The number of nitrogens with one attached hydrogen (secondary N) is 1. The first kappa shape index (κ1) is 18.0. The van der Waals surface area contributed by atoms with Gasteiger partial charge in [-0.2, -0.15) is 0 Å². The molecule has 1 aliphatic heterocycles. The molecule has 0 unspecified atom stereocenters. The van der Waals surface area contributed by atoms with E-state index in [9.17, 15) is 0 Å². The molecule has 0 atom stereocenters. The van der Waals surface area contributed by atoms with Gasteiger partial charge >= 0.3 is 0 Å². The number of aromatic nitrogens is 2. The van der Waals surface area contributed by atoms with Gasteiger partial charge in [-0.15, -0.1) is 0 Å². The second kappa shape index (κ2) is 9.03.